The Labute approximate surface area is 243 Å². The van der Waals surface area contributed by atoms with E-state index in [4.69, 9.17) is 15.2 Å². The zero-order chi connectivity index (χ0) is 30.1. The predicted molar refractivity (Wildman–Crippen MR) is 147 cm³/mol. The minimum atomic E-state index is -4.47. The van der Waals surface area contributed by atoms with Crippen LogP contribution in [0.3, 0.4) is 0 Å². The molecule has 0 saturated carbocycles. The fraction of sp³-hybridized carbons (Fsp3) is 0.321. The first-order chi connectivity index (χ1) is 20.7. The van der Waals surface area contributed by atoms with Crippen LogP contribution in [-0.2, 0) is 29.2 Å². The highest BCUT2D eigenvalue weighted by Crippen LogP contribution is 2.37. The van der Waals surface area contributed by atoms with Gasteiger partial charge in [0.1, 0.15) is 49.4 Å². The van der Waals surface area contributed by atoms with Crippen LogP contribution in [0.1, 0.15) is 5.56 Å². The van der Waals surface area contributed by atoms with Gasteiger partial charge in [-0.3, -0.25) is 4.79 Å². The van der Waals surface area contributed by atoms with Crippen molar-refractivity contribution in [3.63, 3.8) is 0 Å². The number of piperazine rings is 1. The average Bonchev–Trinajstić information content (AvgIpc) is 3.58. The first kappa shape index (κ1) is 28.1. The van der Waals surface area contributed by atoms with E-state index in [0.29, 0.717) is 42.5 Å². The van der Waals surface area contributed by atoms with E-state index in [9.17, 15) is 22.8 Å². The van der Waals surface area contributed by atoms with Gasteiger partial charge in [0.2, 0.25) is 5.91 Å². The fourth-order valence-corrected chi connectivity index (χ4v) is 5.22. The molecular formula is C28H27F3N8O4. The number of alkyl halides is 3. The second-order valence-electron chi connectivity index (χ2n) is 10.1. The molecule has 4 heterocycles. The Balaban J connectivity index is 1.21. The van der Waals surface area contributed by atoms with Crippen molar-refractivity contribution in [1.29, 1.82) is 0 Å². The number of halogens is 3. The molecular weight excluding hydrogens is 569 g/mol. The zero-order valence-electron chi connectivity index (χ0n) is 22.8. The van der Waals surface area contributed by atoms with Gasteiger partial charge in [0.05, 0.1) is 18.7 Å². The number of carbonyl (C=O) groups excluding carboxylic acids is 2. The van der Waals surface area contributed by atoms with E-state index in [1.165, 1.54) is 4.90 Å². The maximum atomic E-state index is 13.0. The Morgan fingerprint density at radius 2 is 1.88 bits per heavy atom. The van der Waals surface area contributed by atoms with Crippen molar-refractivity contribution < 1.29 is 32.2 Å². The van der Waals surface area contributed by atoms with Crippen molar-refractivity contribution in [3.05, 3.63) is 66.6 Å². The Morgan fingerprint density at radius 1 is 1.07 bits per heavy atom. The van der Waals surface area contributed by atoms with E-state index in [1.54, 1.807) is 29.0 Å². The Kier molecular flexibility index (Phi) is 7.38. The van der Waals surface area contributed by atoms with Gasteiger partial charge in [0.25, 0.3) is 0 Å². The number of primary amides is 1. The highest BCUT2D eigenvalue weighted by Gasteiger charge is 2.35. The van der Waals surface area contributed by atoms with Crippen LogP contribution in [0.5, 0.6) is 5.75 Å². The molecule has 12 nitrogen and oxygen atoms in total. The number of aromatic nitrogens is 5. The van der Waals surface area contributed by atoms with Crippen LogP contribution in [0.15, 0.2) is 61.1 Å². The SMILES string of the molecule is NC(=O)[C@@H]1CN(C(=O)OCc2ccccc2)CCN1c1ccc2c(c1)OCCn1cc(-c3ncnn3CC(F)(F)F)nc1-2. The van der Waals surface area contributed by atoms with E-state index in [2.05, 4.69) is 15.1 Å². The molecule has 2 aromatic carbocycles. The number of nitrogens with zero attached hydrogens (tertiary/aromatic N) is 7. The summed E-state index contributed by atoms with van der Waals surface area (Å²) in [5.74, 6) is 0.382. The number of benzene rings is 2. The van der Waals surface area contributed by atoms with Crippen molar-refractivity contribution >= 4 is 17.7 Å². The third-order valence-corrected chi connectivity index (χ3v) is 7.25. The van der Waals surface area contributed by atoms with Gasteiger partial charge in [-0.15, -0.1) is 0 Å². The third-order valence-electron chi connectivity index (χ3n) is 7.25. The lowest BCUT2D eigenvalue weighted by Gasteiger charge is -2.40. The zero-order valence-corrected chi connectivity index (χ0v) is 22.8. The average molecular weight is 597 g/mol. The van der Waals surface area contributed by atoms with Crippen LogP contribution in [-0.4, -0.2) is 79.7 Å². The molecule has 4 aromatic rings. The van der Waals surface area contributed by atoms with E-state index >= 15 is 0 Å². The van der Waals surface area contributed by atoms with Crippen LogP contribution < -0.4 is 15.4 Å². The van der Waals surface area contributed by atoms with Gasteiger partial charge in [-0.1, -0.05) is 30.3 Å². The van der Waals surface area contributed by atoms with E-state index in [0.717, 1.165) is 16.6 Å². The van der Waals surface area contributed by atoms with Crippen LogP contribution in [0.2, 0.25) is 0 Å². The number of hydrogen-bond donors (Lipinski definition) is 1. The molecule has 1 saturated heterocycles. The van der Waals surface area contributed by atoms with E-state index in [1.807, 2.05) is 35.2 Å². The standard InChI is InChI=1S/C28H27F3N8O4/c29-28(30,31)16-39-26(33-17-34-39)21-13-36-10-11-42-23-12-19(6-7-20(23)25(36)35-21)38-9-8-37(14-22(38)24(32)40)27(41)43-15-18-4-2-1-3-5-18/h1-7,12-13,17,22H,8-11,14-16H2,(H2,32,40)/t22-/m0/s1. The van der Waals surface area contributed by atoms with Crippen LogP contribution >= 0.6 is 0 Å². The molecule has 1 fully saturated rings. The van der Waals surface area contributed by atoms with Crippen molar-refractivity contribution in [3.8, 4) is 28.7 Å². The molecule has 224 valence electrons. The summed E-state index contributed by atoms with van der Waals surface area (Å²) < 4.78 is 53.1. The summed E-state index contributed by atoms with van der Waals surface area (Å²) >= 11 is 0. The normalized spacial score (nSPS) is 16.6. The van der Waals surface area contributed by atoms with Crippen molar-refractivity contribution in [1.82, 2.24) is 29.2 Å². The molecule has 0 bridgehead atoms. The largest absolute Gasteiger partial charge is 0.491 e. The van der Waals surface area contributed by atoms with Gasteiger partial charge in [-0.2, -0.15) is 18.3 Å². The van der Waals surface area contributed by atoms with Gasteiger partial charge in [-0.25, -0.2) is 19.4 Å². The predicted octanol–water partition coefficient (Wildman–Crippen LogP) is 3.08. The molecule has 43 heavy (non-hydrogen) atoms. The number of imidazole rings is 1. The molecule has 2 aliphatic heterocycles. The first-order valence-corrected chi connectivity index (χ1v) is 13.5. The second kappa shape index (κ2) is 11.3. The number of ether oxygens (including phenoxy) is 2. The van der Waals surface area contributed by atoms with Gasteiger partial charge in [-0.05, 0) is 17.7 Å². The highest BCUT2D eigenvalue weighted by atomic mass is 19.4. The van der Waals surface area contributed by atoms with Crippen LogP contribution in [0, 0.1) is 0 Å². The lowest BCUT2D eigenvalue weighted by molar-refractivity contribution is -0.142. The van der Waals surface area contributed by atoms with Gasteiger partial charge in [0, 0.05) is 31.0 Å². The lowest BCUT2D eigenvalue weighted by Crippen LogP contribution is -2.59. The molecule has 0 unspecified atom stereocenters. The first-order valence-electron chi connectivity index (χ1n) is 13.5. The number of amides is 2. The molecule has 2 amide bonds. The minimum absolute atomic E-state index is 0.00135. The molecule has 2 N–H and O–H groups in total. The molecule has 2 aliphatic rings. The second-order valence-corrected chi connectivity index (χ2v) is 10.1. The summed E-state index contributed by atoms with van der Waals surface area (Å²) in [5.41, 5.74) is 8.13. The highest BCUT2D eigenvalue weighted by molar-refractivity contribution is 5.86. The number of rotatable bonds is 6. The molecule has 2 aromatic heterocycles. The van der Waals surface area contributed by atoms with E-state index in [-0.39, 0.29) is 31.3 Å². The summed E-state index contributed by atoms with van der Waals surface area (Å²) in [6.45, 7) is 0.172. The Hall–Kier alpha value is -5.08. The van der Waals surface area contributed by atoms with Crippen molar-refractivity contribution in [2.75, 3.05) is 31.1 Å². The van der Waals surface area contributed by atoms with E-state index < -0.39 is 30.8 Å². The summed E-state index contributed by atoms with van der Waals surface area (Å²) in [6, 6.07) is 13.8. The number of carbonyl (C=O) groups is 2. The maximum Gasteiger partial charge on any atom is 0.410 e. The summed E-state index contributed by atoms with van der Waals surface area (Å²) in [7, 11) is 0. The summed E-state index contributed by atoms with van der Waals surface area (Å²) in [6.07, 6.45) is -2.31. The molecule has 15 heteroatoms. The minimum Gasteiger partial charge on any atom is -0.491 e. The number of hydrogen-bond acceptors (Lipinski definition) is 8. The Morgan fingerprint density at radius 3 is 2.65 bits per heavy atom. The third kappa shape index (κ3) is 5.96. The quantitative estimate of drug-likeness (QED) is 0.359. The fourth-order valence-electron chi connectivity index (χ4n) is 5.22. The maximum absolute atomic E-state index is 13.0. The topological polar surface area (TPSA) is 134 Å². The number of anilines is 1. The van der Waals surface area contributed by atoms with Crippen LogP contribution in [0.25, 0.3) is 22.9 Å². The molecule has 0 aliphatic carbocycles. The molecule has 0 radical (unpaired) electrons. The van der Waals surface area contributed by atoms with Gasteiger partial charge in [0.15, 0.2) is 5.82 Å². The number of nitrogens with two attached hydrogens (primary N) is 1. The van der Waals surface area contributed by atoms with Crippen molar-refractivity contribution in [2.24, 2.45) is 5.73 Å². The Bertz CT molecular complexity index is 1640. The van der Waals surface area contributed by atoms with Gasteiger partial charge < -0.3 is 29.6 Å². The molecule has 6 rings (SSSR count). The molecule has 0 spiro atoms. The number of fused-ring (bicyclic) bond motifs is 3. The smallest absolute Gasteiger partial charge is 0.410 e. The monoisotopic (exact) mass is 596 g/mol. The summed E-state index contributed by atoms with van der Waals surface area (Å²) in [4.78, 5) is 37.1. The van der Waals surface area contributed by atoms with Gasteiger partial charge >= 0.3 is 12.3 Å². The van der Waals surface area contributed by atoms with Crippen molar-refractivity contribution in [2.45, 2.75) is 31.9 Å². The molecule has 1 atom stereocenters. The summed E-state index contributed by atoms with van der Waals surface area (Å²) in [5, 5.41) is 3.71. The lowest BCUT2D eigenvalue weighted by atomic mass is 10.1. The van der Waals surface area contributed by atoms with Crippen LogP contribution in [0.4, 0.5) is 23.7 Å².